The predicted octanol–water partition coefficient (Wildman–Crippen LogP) is 2.11. The Balaban J connectivity index is 1.78. The van der Waals surface area contributed by atoms with Crippen molar-refractivity contribution < 1.29 is 9.50 Å². The third-order valence-corrected chi connectivity index (χ3v) is 3.31. The molecule has 6 heteroatoms. The van der Waals surface area contributed by atoms with E-state index >= 15 is 0 Å². The van der Waals surface area contributed by atoms with Crippen molar-refractivity contribution in [3.05, 3.63) is 54.2 Å². The normalized spacial score (nSPS) is 12.5. The van der Waals surface area contributed by atoms with Crippen LogP contribution in [0.2, 0.25) is 0 Å². The molecule has 0 aliphatic rings. The van der Waals surface area contributed by atoms with E-state index in [0.29, 0.717) is 12.2 Å². The first-order chi connectivity index (χ1) is 10.3. The summed E-state index contributed by atoms with van der Waals surface area (Å²) in [7, 11) is 0. The molecule has 2 heterocycles. The zero-order chi connectivity index (χ0) is 14.7. The van der Waals surface area contributed by atoms with Crippen molar-refractivity contribution in [3.8, 4) is 0 Å². The van der Waals surface area contributed by atoms with E-state index in [-0.39, 0.29) is 18.5 Å². The molecule has 0 bridgehead atoms. The minimum absolute atomic E-state index is 0.0483. The van der Waals surface area contributed by atoms with Crippen LogP contribution in [0.15, 0.2) is 42.9 Å². The third-order valence-electron chi connectivity index (χ3n) is 3.31. The Bertz CT molecular complexity index is 726. The number of fused-ring (bicyclic) bond motifs is 1. The van der Waals surface area contributed by atoms with Gasteiger partial charge in [-0.1, -0.05) is 12.1 Å². The van der Waals surface area contributed by atoms with Crippen molar-refractivity contribution in [2.45, 2.75) is 12.5 Å². The molecule has 5 nitrogen and oxygen atoms in total. The van der Waals surface area contributed by atoms with Gasteiger partial charge in [0.15, 0.2) is 0 Å². The highest BCUT2D eigenvalue weighted by Gasteiger charge is 2.12. The molecule has 0 unspecified atom stereocenters. The van der Waals surface area contributed by atoms with Crippen LogP contribution in [-0.4, -0.2) is 32.7 Å². The van der Waals surface area contributed by atoms with E-state index < -0.39 is 0 Å². The lowest BCUT2D eigenvalue weighted by Crippen LogP contribution is -2.27. The largest absolute Gasteiger partial charge is 0.394 e. The minimum atomic E-state index is -0.267. The zero-order valence-electron chi connectivity index (χ0n) is 11.3. The standard InChI is InChI=1S/C15H15FN4O/c16-11-3-1-10(2-4-11)7-12(8-21)20-15-13-5-6-17-14(13)18-9-19-15/h1-6,9,12,21H,7-8H2,(H2,17,18,19,20)/t12-/m1/s1. The monoisotopic (exact) mass is 286 g/mol. The molecule has 21 heavy (non-hydrogen) atoms. The molecule has 0 aliphatic heterocycles. The summed E-state index contributed by atoms with van der Waals surface area (Å²) in [4.78, 5) is 11.3. The number of H-pyrrole nitrogens is 1. The number of anilines is 1. The second kappa shape index (κ2) is 5.88. The number of halogens is 1. The van der Waals surface area contributed by atoms with E-state index in [1.54, 1.807) is 18.3 Å². The van der Waals surface area contributed by atoms with Crippen LogP contribution < -0.4 is 5.32 Å². The first-order valence-electron chi connectivity index (χ1n) is 6.66. The lowest BCUT2D eigenvalue weighted by atomic mass is 10.1. The maximum atomic E-state index is 12.9. The van der Waals surface area contributed by atoms with Gasteiger partial charge in [0.2, 0.25) is 0 Å². The average molecular weight is 286 g/mol. The predicted molar refractivity (Wildman–Crippen MR) is 78.5 cm³/mol. The highest BCUT2D eigenvalue weighted by Crippen LogP contribution is 2.19. The summed E-state index contributed by atoms with van der Waals surface area (Å²) in [5.74, 6) is 0.402. The second-order valence-corrected chi connectivity index (χ2v) is 4.82. The molecule has 0 radical (unpaired) electrons. The van der Waals surface area contributed by atoms with Crippen LogP contribution >= 0.6 is 0 Å². The minimum Gasteiger partial charge on any atom is -0.394 e. The summed E-state index contributed by atoms with van der Waals surface area (Å²) < 4.78 is 12.9. The molecular formula is C15H15FN4O. The second-order valence-electron chi connectivity index (χ2n) is 4.82. The first kappa shape index (κ1) is 13.5. The number of hydrogen-bond donors (Lipinski definition) is 3. The Morgan fingerprint density at radius 1 is 1.19 bits per heavy atom. The quantitative estimate of drug-likeness (QED) is 0.671. The van der Waals surface area contributed by atoms with Gasteiger partial charge in [0.1, 0.15) is 23.6 Å². The number of rotatable bonds is 5. The van der Waals surface area contributed by atoms with E-state index in [9.17, 15) is 9.50 Å². The first-order valence-corrected chi connectivity index (χ1v) is 6.66. The van der Waals surface area contributed by atoms with Crippen molar-refractivity contribution in [1.82, 2.24) is 15.0 Å². The smallest absolute Gasteiger partial charge is 0.142 e. The molecule has 3 aromatic rings. The van der Waals surface area contributed by atoms with Crippen molar-refractivity contribution in [3.63, 3.8) is 0 Å². The molecule has 0 fully saturated rings. The fourth-order valence-corrected chi connectivity index (χ4v) is 2.25. The third kappa shape index (κ3) is 3.00. The molecule has 3 rings (SSSR count). The SMILES string of the molecule is OC[C@@H](Cc1ccc(F)cc1)Nc1ncnc2[nH]ccc12. The van der Waals surface area contributed by atoms with Gasteiger partial charge in [-0.2, -0.15) is 0 Å². The number of aromatic nitrogens is 3. The molecule has 0 aliphatic carbocycles. The summed E-state index contributed by atoms with van der Waals surface area (Å²) in [5.41, 5.74) is 1.69. The molecule has 0 saturated carbocycles. The number of aromatic amines is 1. The van der Waals surface area contributed by atoms with Gasteiger partial charge in [-0.25, -0.2) is 14.4 Å². The van der Waals surface area contributed by atoms with Crippen LogP contribution in [0, 0.1) is 5.82 Å². The van der Waals surface area contributed by atoms with Gasteiger partial charge in [0.25, 0.3) is 0 Å². The van der Waals surface area contributed by atoms with Crippen LogP contribution in [0.3, 0.4) is 0 Å². The van der Waals surface area contributed by atoms with Crippen LogP contribution in [0.25, 0.3) is 11.0 Å². The van der Waals surface area contributed by atoms with Gasteiger partial charge in [0, 0.05) is 6.20 Å². The van der Waals surface area contributed by atoms with Gasteiger partial charge in [-0.15, -0.1) is 0 Å². The van der Waals surface area contributed by atoms with E-state index in [1.807, 2.05) is 6.07 Å². The summed E-state index contributed by atoms with van der Waals surface area (Å²) in [5, 5.41) is 13.6. The highest BCUT2D eigenvalue weighted by atomic mass is 19.1. The lowest BCUT2D eigenvalue weighted by molar-refractivity contribution is 0.273. The summed E-state index contributed by atoms with van der Waals surface area (Å²) in [6.07, 6.45) is 3.83. The van der Waals surface area contributed by atoms with E-state index in [0.717, 1.165) is 16.6 Å². The van der Waals surface area contributed by atoms with Gasteiger partial charge < -0.3 is 15.4 Å². The Morgan fingerprint density at radius 3 is 2.76 bits per heavy atom. The van der Waals surface area contributed by atoms with Crippen LogP contribution in [0.1, 0.15) is 5.56 Å². The molecule has 0 amide bonds. The summed E-state index contributed by atoms with van der Waals surface area (Å²) in [6, 6.07) is 7.93. The van der Waals surface area contributed by atoms with Gasteiger partial charge >= 0.3 is 0 Å². The van der Waals surface area contributed by atoms with Gasteiger partial charge in [-0.05, 0) is 30.2 Å². The number of nitrogens with zero attached hydrogens (tertiary/aromatic N) is 2. The topological polar surface area (TPSA) is 73.8 Å². The van der Waals surface area contributed by atoms with E-state index in [2.05, 4.69) is 20.3 Å². The number of aliphatic hydroxyl groups excluding tert-OH is 1. The molecule has 0 saturated heterocycles. The number of benzene rings is 1. The van der Waals surface area contributed by atoms with Gasteiger partial charge in [-0.3, -0.25) is 0 Å². The molecule has 1 atom stereocenters. The van der Waals surface area contributed by atoms with E-state index in [4.69, 9.17) is 0 Å². The van der Waals surface area contributed by atoms with Gasteiger partial charge in [0.05, 0.1) is 18.0 Å². The molecule has 1 aromatic carbocycles. The molecule has 3 N–H and O–H groups in total. The summed E-state index contributed by atoms with van der Waals surface area (Å²) >= 11 is 0. The van der Waals surface area contributed by atoms with Crippen LogP contribution in [0.5, 0.6) is 0 Å². The maximum absolute atomic E-state index is 12.9. The Kier molecular flexibility index (Phi) is 3.79. The number of aliphatic hydroxyl groups is 1. The Hall–Kier alpha value is -2.47. The van der Waals surface area contributed by atoms with Crippen LogP contribution in [0.4, 0.5) is 10.2 Å². The van der Waals surface area contributed by atoms with Crippen molar-refractivity contribution in [2.24, 2.45) is 0 Å². The summed E-state index contributed by atoms with van der Waals surface area (Å²) in [6.45, 7) is -0.0483. The highest BCUT2D eigenvalue weighted by molar-refractivity contribution is 5.86. The fourth-order valence-electron chi connectivity index (χ4n) is 2.25. The molecular weight excluding hydrogens is 271 g/mol. The average Bonchev–Trinajstić information content (AvgIpc) is 2.98. The zero-order valence-corrected chi connectivity index (χ0v) is 11.3. The Morgan fingerprint density at radius 2 is 2.00 bits per heavy atom. The van der Waals surface area contributed by atoms with Crippen molar-refractivity contribution >= 4 is 16.9 Å². The number of nitrogens with one attached hydrogen (secondary N) is 2. The van der Waals surface area contributed by atoms with Crippen molar-refractivity contribution in [2.75, 3.05) is 11.9 Å². The fraction of sp³-hybridized carbons (Fsp3) is 0.200. The van der Waals surface area contributed by atoms with Crippen molar-refractivity contribution in [1.29, 1.82) is 0 Å². The maximum Gasteiger partial charge on any atom is 0.142 e. The van der Waals surface area contributed by atoms with E-state index in [1.165, 1.54) is 18.5 Å². The van der Waals surface area contributed by atoms with Crippen LogP contribution in [-0.2, 0) is 6.42 Å². The molecule has 0 spiro atoms. The Labute approximate surface area is 120 Å². The molecule has 108 valence electrons. The number of hydrogen-bond acceptors (Lipinski definition) is 4. The lowest BCUT2D eigenvalue weighted by Gasteiger charge is -2.17. The molecule has 2 aromatic heterocycles.